The van der Waals surface area contributed by atoms with E-state index in [1.54, 1.807) is 6.07 Å². The van der Waals surface area contributed by atoms with Crippen molar-refractivity contribution in [3.8, 4) is 11.6 Å². The second-order valence-corrected chi connectivity index (χ2v) is 4.70. The maximum Gasteiger partial charge on any atom is 0.312 e. The van der Waals surface area contributed by atoms with Gasteiger partial charge in [-0.3, -0.25) is 20.2 Å². The highest BCUT2D eigenvalue weighted by molar-refractivity contribution is 9.10. The molecule has 0 bridgehead atoms. The van der Waals surface area contributed by atoms with E-state index in [9.17, 15) is 20.2 Å². The third kappa shape index (κ3) is 3.23. The fourth-order valence-electron chi connectivity index (χ4n) is 1.49. The summed E-state index contributed by atoms with van der Waals surface area (Å²) in [5, 5.41) is 21.6. The van der Waals surface area contributed by atoms with Crippen molar-refractivity contribution in [2.75, 3.05) is 5.73 Å². The summed E-state index contributed by atoms with van der Waals surface area (Å²) in [5.74, 6) is -0.468. The number of nitro groups is 2. The topological polar surface area (TPSA) is 134 Å². The van der Waals surface area contributed by atoms with Crippen LogP contribution in [-0.2, 0) is 0 Å². The lowest BCUT2D eigenvalue weighted by Crippen LogP contribution is -2.00. The molecule has 0 saturated carbocycles. The minimum atomic E-state index is -0.686. The lowest BCUT2D eigenvalue weighted by atomic mass is 10.3. The van der Waals surface area contributed by atoms with Crippen molar-refractivity contribution in [2.24, 2.45) is 0 Å². The number of benzene rings is 1. The first-order chi connectivity index (χ1) is 9.88. The second-order valence-electron chi connectivity index (χ2n) is 3.78. The Kier molecular flexibility index (Phi) is 3.98. The monoisotopic (exact) mass is 354 g/mol. The standard InChI is InChI=1S/C11H7BrN4O5/c12-6-1-3-9(8(5-6)16(19)20)21-10-4-2-7(15(17)18)11(13)14-10/h1-5H,(H2,13,14). The van der Waals surface area contributed by atoms with Gasteiger partial charge in [0.25, 0.3) is 0 Å². The molecule has 9 nitrogen and oxygen atoms in total. The molecule has 0 unspecified atom stereocenters. The minimum Gasteiger partial charge on any atom is -0.432 e. The smallest absolute Gasteiger partial charge is 0.312 e. The summed E-state index contributed by atoms with van der Waals surface area (Å²) < 4.78 is 5.78. The van der Waals surface area contributed by atoms with Gasteiger partial charge in [0, 0.05) is 22.7 Å². The van der Waals surface area contributed by atoms with Gasteiger partial charge in [0.1, 0.15) is 0 Å². The molecule has 0 aliphatic rings. The molecule has 1 aromatic carbocycles. The number of anilines is 1. The van der Waals surface area contributed by atoms with E-state index < -0.39 is 9.85 Å². The number of hydrogen-bond donors (Lipinski definition) is 1. The molecule has 2 rings (SSSR count). The number of nitro benzene ring substituents is 1. The Morgan fingerprint density at radius 2 is 1.76 bits per heavy atom. The van der Waals surface area contributed by atoms with E-state index >= 15 is 0 Å². The summed E-state index contributed by atoms with van der Waals surface area (Å²) in [5.41, 5.74) is 4.78. The van der Waals surface area contributed by atoms with Gasteiger partial charge in [-0.2, -0.15) is 4.98 Å². The molecule has 0 aliphatic carbocycles. The van der Waals surface area contributed by atoms with E-state index in [1.165, 1.54) is 18.2 Å². The van der Waals surface area contributed by atoms with Gasteiger partial charge < -0.3 is 10.5 Å². The van der Waals surface area contributed by atoms with Gasteiger partial charge in [-0.15, -0.1) is 0 Å². The van der Waals surface area contributed by atoms with Gasteiger partial charge in [-0.25, -0.2) is 0 Å². The average molecular weight is 355 g/mol. The summed E-state index contributed by atoms with van der Waals surface area (Å²) in [7, 11) is 0. The lowest BCUT2D eigenvalue weighted by molar-refractivity contribution is -0.385. The first-order valence-corrected chi connectivity index (χ1v) is 6.20. The van der Waals surface area contributed by atoms with Crippen molar-refractivity contribution in [2.45, 2.75) is 0 Å². The molecule has 10 heteroatoms. The molecule has 0 fully saturated rings. The Bertz CT molecular complexity index is 737. The molecule has 1 heterocycles. The number of aromatic nitrogens is 1. The van der Waals surface area contributed by atoms with Gasteiger partial charge in [0.15, 0.2) is 0 Å². The predicted molar refractivity (Wildman–Crippen MR) is 76.2 cm³/mol. The van der Waals surface area contributed by atoms with E-state index in [0.29, 0.717) is 4.47 Å². The molecule has 0 amide bonds. The summed E-state index contributed by atoms with van der Waals surface area (Å²) in [6.45, 7) is 0. The van der Waals surface area contributed by atoms with Crippen LogP contribution in [-0.4, -0.2) is 14.8 Å². The number of halogens is 1. The molecule has 0 spiro atoms. The number of pyridine rings is 1. The third-order valence-electron chi connectivity index (χ3n) is 2.41. The number of nitrogen functional groups attached to an aromatic ring is 1. The van der Waals surface area contributed by atoms with Crippen molar-refractivity contribution in [1.29, 1.82) is 0 Å². The Morgan fingerprint density at radius 3 is 2.33 bits per heavy atom. The zero-order chi connectivity index (χ0) is 15.6. The third-order valence-corrected chi connectivity index (χ3v) is 2.90. The van der Waals surface area contributed by atoms with Crippen LogP contribution in [0.2, 0.25) is 0 Å². The van der Waals surface area contributed by atoms with Crippen molar-refractivity contribution < 1.29 is 14.6 Å². The molecule has 0 atom stereocenters. The minimum absolute atomic E-state index is 0.0519. The summed E-state index contributed by atoms with van der Waals surface area (Å²) in [6, 6.07) is 6.52. The molecular formula is C11H7BrN4O5. The number of rotatable bonds is 4. The van der Waals surface area contributed by atoms with Crippen LogP contribution in [0.25, 0.3) is 0 Å². The van der Waals surface area contributed by atoms with Gasteiger partial charge in [0.2, 0.25) is 17.4 Å². The van der Waals surface area contributed by atoms with Crippen LogP contribution in [0, 0.1) is 20.2 Å². The van der Waals surface area contributed by atoms with Crippen LogP contribution in [0.4, 0.5) is 17.2 Å². The van der Waals surface area contributed by atoms with Crippen LogP contribution < -0.4 is 10.5 Å². The van der Waals surface area contributed by atoms with Crippen LogP contribution in [0.1, 0.15) is 0 Å². The van der Waals surface area contributed by atoms with Crippen molar-refractivity contribution >= 4 is 33.1 Å². The molecule has 0 aliphatic heterocycles. The fraction of sp³-hybridized carbons (Fsp3) is 0. The Hall–Kier alpha value is -2.75. The van der Waals surface area contributed by atoms with Crippen molar-refractivity contribution in [3.05, 3.63) is 55.0 Å². The van der Waals surface area contributed by atoms with Crippen LogP contribution in [0.5, 0.6) is 11.6 Å². The number of ether oxygens (including phenoxy) is 1. The Balaban J connectivity index is 2.37. The largest absolute Gasteiger partial charge is 0.432 e. The van der Waals surface area contributed by atoms with E-state index in [1.807, 2.05) is 0 Å². The highest BCUT2D eigenvalue weighted by Gasteiger charge is 2.19. The number of nitrogens with two attached hydrogens (primary N) is 1. The SMILES string of the molecule is Nc1nc(Oc2ccc(Br)cc2[N+](=O)[O-])ccc1[N+](=O)[O-]. The molecule has 2 aromatic rings. The van der Waals surface area contributed by atoms with Crippen LogP contribution in [0.3, 0.4) is 0 Å². The second kappa shape index (κ2) is 5.71. The van der Waals surface area contributed by atoms with Gasteiger partial charge in [-0.1, -0.05) is 15.9 Å². The van der Waals surface area contributed by atoms with Gasteiger partial charge in [-0.05, 0) is 12.1 Å². The maximum atomic E-state index is 10.9. The molecular weight excluding hydrogens is 348 g/mol. The van der Waals surface area contributed by atoms with Crippen LogP contribution in [0.15, 0.2) is 34.8 Å². The molecule has 21 heavy (non-hydrogen) atoms. The van der Waals surface area contributed by atoms with Crippen molar-refractivity contribution in [3.63, 3.8) is 0 Å². The Labute approximate surface area is 125 Å². The molecule has 2 N–H and O–H groups in total. The lowest BCUT2D eigenvalue weighted by Gasteiger charge is -2.06. The van der Waals surface area contributed by atoms with Gasteiger partial charge in [0.05, 0.1) is 9.85 Å². The zero-order valence-corrected chi connectivity index (χ0v) is 11.8. The van der Waals surface area contributed by atoms with E-state index in [-0.39, 0.29) is 28.8 Å². The average Bonchev–Trinajstić information content (AvgIpc) is 2.40. The quantitative estimate of drug-likeness (QED) is 0.658. The maximum absolute atomic E-state index is 10.9. The summed E-state index contributed by atoms with van der Waals surface area (Å²) in [6.07, 6.45) is 0. The molecule has 1 aromatic heterocycles. The molecule has 108 valence electrons. The fourth-order valence-corrected chi connectivity index (χ4v) is 1.84. The normalized spacial score (nSPS) is 10.1. The van der Waals surface area contributed by atoms with E-state index in [0.717, 1.165) is 6.07 Å². The predicted octanol–water partition coefficient (Wildman–Crippen LogP) is 3.04. The van der Waals surface area contributed by atoms with Crippen LogP contribution >= 0.6 is 15.9 Å². The highest BCUT2D eigenvalue weighted by atomic mass is 79.9. The van der Waals surface area contributed by atoms with Gasteiger partial charge >= 0.3 is 11.4 Å². The number of nitrogens with zero attached hydrogens (tertiary/aromatic N) is 3. The summed E-state index contributed by atoms with van der Waals surface area (Å²) in [4.78, 5) is 24.0. The molecule has 0 radical (unpaired) electrons. The van der Waals surface area contributed by atoms with E-state index in [4.69, 9.17) is 10.5 Å². The van der Waals surface area contributed by atoms with E-state index in [2.05, 4.69) is 20.9 Å². The molecule has 0 saturated heterocycles. The number of hydrogen-bond acceptors (Lipinski definition) is 7. The summed E-state index contributed by atoms with van der Waals surface area (Å²) >= 11 is 3.12. The Morgan fingerprint density at radius 1 is 1.10 bits per heavy atom. The van der Waals surface area contributed by atoms with Crippen molar-refractivity contribution in [1.82, 2.24) is 4.98 Å². The zero-order valence-electron chi connectivity index (χ0n) is 10.2. The first-order valence-electron chi connectivity index (χ1n) is 5.41. The first kappa shape index (κ1) is 14.7. The highest BCUT2D eigenvalue weighted by Crippen LogP contribution is 2.34.